The lowest BCUT2D eigenvalue weighted by Crippen LogP contribution is -2.39. The van der Waals surface area contributed by atoms with E-state index >= 15 is 0 Å². The number of ether oxygens (including phenoxy) is 1. The maximum atomic E-state index is 11.5. The van der Waals surface area contributed by atoms with Gasteiger partial charge in [0.25, 0.3) is 0 Å². The highest BCUT2D eigenvalue weighted by Gasteiger charge is 2.28. The van der Waals surface area contributed by atoms with E-state index < -0.39 is 6.10 Å². The van der Waals surface area contributed by atoms with E-state index in [0.29, 0.717) is 6.54 Å². The first-order valence-electron chi connectivity index (χ1n) is 7.22. The minimum Gasteiger partial charge on any atom is -0.384 e. The SMILES string of the molecule is Cc1ccc(C2OCCCC2CNC(=O)C(C)O)cc1. The van der Waals surface area contributed by atoms with Crippen LogP contribution in [0.5, 0.6) is 0 Å². The number of hydrogen-bond acceptors (Lipinski definition) is 3. The Kier molecular flexibility index (Phi) is 5.15. The van der Waals surface area contributed by atoms with E-state index in [1.54, 1.807) is 0 Å². The van der Waals surface area contributed by atoms with Crippen LogP contribution in [0.4, 0.5) is 0 Å². The van der Waals surface area contributed by atoms with E-state index in [9.17, 15) is 9.90 Å². The van der Waals surface area contributed by atoms with Crippen LogP contribution >= 0.6 is 0 Å². The van der Waals surface area contributed by atoms with Crippen molar-refractivity contribution >= 4 is 5.91 Å². The Morgan fingerprint density at radius 3 is 2.80 bits per heavy atom. The molecule has 0 aromatic heterocycles. The number of carbonyl (C=O) groups is 1. The summed E-state index contributed by atoms with van der Waals surface area (Å²) in [6.07, 6.45) is 1.10. The molecule has 2 rings (SSSR count). The molecule has 2 N–H and O–H groups in total. The highest BCUT2D eigenvalue weighted by atomic mass is 16.5. The van der Waals surface area contributed by atoms with Crippen molar-refractivity contribution in [3.05, 3.63) is 35.4 Å². The topological polar surface area (TPSA) is 58.6 Å². The molecule has 110 valence electrons. The molecule has 1 aliphatic heterocycles. The third-order valence-electron chi connectivity index (χ3n) is 3.77. The number of rotatable bonds is 4. The van der Waals surface area contributed by atoms with Crippen molar-refractivity contribution in [2.45, 2.75) is 38.9 Å². The van der Waals surface area contributed by atoms with Gasteiger partial charge in [0.1, 0.15) is 6.10 Å². The first-order chi connectivity index (χ1) is 9.58. The van der Waals surface area contributed by atoms with E-state index in [1.807, 2.05) is 0 Å². The van der Waals surface area contributed by atoms with Crippen LogP contribution in [-0.2, 0) is 9.53 Å². The molecule has 1 heterocycles. The Balaban J connectivity index is 2.01. The number of aliphatic hydroxyl groups is 1. The lowest BCUT2D eigenvalue weighted by atomic mass is 9.89. The van der Waals surface area contributed by atoms with Crippen LogP contribution in [-0.4, -0.2) is 30.3 Å². The number of benzene rings is 1. The molecule has 4 heteroatoms. The van der Waals surface area contributed by atoms with Crippen LogP contribution in [0.2, 0.25) is 0 Å². The summed E-state index contributed by atoms with van der Waals surface area (Å²) in [6, 6.07) is 8.35. The molecule has 1 aliphatic rings. The average molecular weight is 277 g/mol. The van der Waals surface area contributed by atoms with Gasteiger partial charge in [-0.2, -0.15) is 0 Å². The van der Waals surface area contributed by atoms with Gasteiger partial charge in [-0.05, 0) is 32.3 Å². The first kappa shape index (κ1) is 15.0. The molecule has 0 saturated carbocycles. The Morgan fingerprint density at radius 1 is 1.45 bits per heavy atom. The van der Waals surface area contributed by atoms with Crippen LogP contribution in [0, 0.1) is 12.8 Å². The Labute approximate surface area is 120 Å². The van der Waals surface area contributed by atoms with Gasteiger partial charge in [-0.15, -0.1) is 0 Å². The van der Waals surface area contributed by atoms with Crippen LogP contribution in [0.15, 0.2) is 24.3 Å². The lowest BCUT2D eigenvalue weighted by Gasteiger charge is -2.32. The zero-order valence-corrected chi connectivity index (χ0v) is 12.1. The van der Waals surface area contributed by atoms with Crippen molar-refractivity contribution in [1.82, 2.24) is 5.32 Å². The Bertz CT molecular complexity index is 442. The van der Waals surface area contributed by atoms with Gasteiger partial charge in [-0.25, -0.2) is 0 Å². The fourth-order valence-electron chi connectivity index (χ4n) is 2.56. The van der Waals surface area contributed by atoms with Crippen LogP contribution in [0.25, 0.3) is 0 Å². The molecule has 20 heavy (non-hydrogen) atoms. The monoisotopic (exact) mass is 277 g/mol. The van der Waals surface area contributed by atoms with Crippen molar-refractivity contribution in [2.24, 2.45) is 5.92 Å². The zero-order chi connectivity index (χ0) is 14.5. The predicted octanol–water partition coefficient (Wildman–Crippen LogP) is 1.96. The van der Waals surface area contributed by atoms with Gasteiger partial charge >= 0.3 is 0 Å². The molecule has 1 amide bonds. The second-order valence-electron chi connectivity index (χ2n) is 5.53. The summed E-state index contributed by atoms with van der Waals surface area (Å²) in [7, 11) is 0. The molecule has 3 atom stereocenters. The van der Waals surface area contributed by atoms with Gasteiger partial charge in [-0.3, -0.25) is 4.79 Å². The quantitative estimate of drug-likeness (QED) is 0.884. The molecule has 0 spiro atoms. The third kappa shape index (κ3) is 3.81. The number of amides is 1. The first-order valence-corrected chi connectivity index (χ1v) is 7.22. The maximum Gasteiger partial charge on any atom is 0.248 e. The van der Waals surface area contributed by atoms with Gasteiger partial charge in [0.2, 0.25) is 5.91 Å². The highest BCUT2D eigenvalue weighted by molar-refractivity contribution is 5.79. The molecule has 1 fully saturated rings. The smallest absolute Gasteiger partial charge is 0.248 e. The summed E-state index contributed by atoms with van der Waals surface area (Å²) in [5, 5.41) is 12.0. The summed E-state index contributed by atoms with van der Waals surface area (Å²) < 4.78 is 5.90. The summed E-state index contributed by atoms with van der Waals surface area (Å²) >= 11 is 0. The number of carbonyl (C=O) groups excluding carboxylic acids is 1. The van der Waals surface area contributed by atoms with Crippen molar-refractivity contribution < 1.29 is 14.6 Å². The van der Waals surface area contributed by atoms with Gasteiger partial charge in [0.15, 0.2) is 0 Å². The van der Waals surface area contributed by atoms with Gasteiger partial charge in [0, 0.05) is 19.1 Å². The van der Waals surface area contributed by atoms with Crippen molar-refractivity contribution in [3.8, 4) is 0 Å². The zero-order valence-electron chi connectivity index (χ0n) is 12.1. The second-order valence-corrected chi connectivity index (χ2v) is 5.53. The summed E-state index contributed by atoms with van der Waals surface area (Å²) in [6.45, 7) is 4.84. The summed E-state index contributed by atoms with van der Waals surface area (Å²) in [5.41, 5.74) is 2.38. The van der Waals surface area contributed by atoms with E-state index in [4.69, 9.17) is 4.74 Å². The van der Waals surface area contributed by atoms with E-state index in [1.165, 1.54) is 12.5 Å². The highest BCUT2D eigenvalue weighted by Crippen LogP contribution is 2.33. The average Bonchev–Trinajstić information content (AvgIpc) is 2.46. The van der Waals surface area contributed by atoms with E-state index in [2.05, 4.69) is 36.5 Å². The Morgan fingerprint density at radius 2 is 2.15 bits per heavy atom. The van der Waals surface area contributed by atoms with E-state index in [-0.39, 0.29) is 17.9 Å². The summed E-state index contributed by atoms with van der Waals surface area (Å²) in [4.78, 5) is 11.5. The third-order valence-corrected chi connectivity index (χ3v) is 3.77. The Hall–Kier alpha value is -1.39. The fraction of sp³-hybridized carbons (Fsp3) is 0.562. The van der Waals surface area contributed by atoms with Gasteiger partial charge < -0.3 is 15.2 Å². The molecule has 4 nitrogen and oxygen atoms in total. The molecule has 1 aromatic rings. The minimum absolute atomic E-state index is 0.0265. The van der Waals surface area contributed by atoms with Crippen LogP contribution in [0.3, 0.4) is 0 Å². The van der Waals surface area contributed by atoms with Crippen molar-refractivity contribution in [3.63, 3.8) is 0 Å². The van der Waals surface area contributed by atoms with Gasteiger partial charge in [0.05, 0.1) is 6.10 Å². The fourth-order valence-corrected chi connectivity index (χ4v) is 2.56. The minimum atomic E-state index is -0.961. The molecule has 0 radical (unpaired) electrons. The van der Waals surface area contributed by atoms with Crippen molar-refractivity contribution in [2.75, 3.05) is 13.2 Å². The predicted molar refractivity (Wildman–Crippen MR) is 77.3 cm³/mol. The lowest BCUT2D eigenvalue weighted by molar-refractivity contribution is -0.129. The molecule has 0 bridgehead atoms. The molecule has 1 saturated heterocycles. The van der Waals surface area contributed by atoms with E-state index in [0.717, 1.165) is 25.0 Å². The van der Waals surface area contributed by atoms with Crippen LogP contribution in [0.1, 0.15) is 37.0 Å². The largest absolute Gasteiger partial charge is 0.384 e. The molecular formula is C16H23NO3. The van der Waals surface area contributed by atoms with Gasteiger partial charge in [-0.1, -0.05) is 29.8 Å². The standard InChI is InChI=1S/C16H23NO3/c1-11-5-7-13(8-6-11)15-14(4-3-9-20-15)10-17-16(19)12(2)18/h5-8,12,14-15,18H,3-4,9-10H2,1-2H3,(H,17,19). The van der Waals surface area contributed by atoms with Crippen molar-refractivity contribution in [1.29, 1.82) is 0 Å². The molecular weight excluding hydrogens is 254 g/mol. The number of aryl methyl sites for hydroxylation is 1. The maximum absolute atomic E-state index is 11.5. The normalized spacial score (nSPS) is 24.1. The van der Waals surface area contributed by atoms with Crippen LogP contribution < -0.4 is 5.32 Å². The number of nitrogens with one attached hydrogen (secondary N) is 1. The number of aliphatic hydroxyl groups excluding tert-OH is 1. The molecule has 0 aliphatic carbocycles. The second kappa shape index (κ2) is 6.86. The molecule has 1 aromatic carbocycles. The summed E-state index contributed by atoms with van der Waals surface area (Å²) in [5.74, 6) is -0.0626. The number of hydrogen-bond donors (Lipinski definition) is 2. The molecule has 3 unspecified atom stereocenters.